The van der Waals surface area contributed by atoms with Crippen LogP contribution < -0.4 is 4.74 Å². The van der Waals surface area contributed by atoms with E-state index in [0.717, 1.165) is 5.56 Å². The maximum absolute atomic E-state index is 12.7. The highest BCUT2D eigenvalue weighted by Gasteiger charge is 2.21. The van der Waals surface area contributed by atoms with E-state index < -0.39 is 9.84 Å². The van der Waals surface area contributed by atoms with Crippen LogP contribution in [0.4, 0.5) is 0 Å². The van der Waals surface area contributed by atoms with Crippen molar-refractivity contribution in [2.24, 2.45) is 0 Å². The van der Waals surface area contributed by atoms with Crippen LogP contribution in [0.1, 0.15) is 18.1 Å². The van der Waals surface area contributed by atoms with Gasteiger partial charge in [0.25, 0.3) is 0 Å². The number of hydrogen-bond acceptors (Lipinski definition) is 4. The van der Waals surface area contributed by atoms with Crippen molar-refractivity contribution < 1.29 is 18.3 Å². The molecule has 0 bridgehead atoms. The minimum atomic E-state index is -3.61. The summed E-state index contributed by atoms with van der Waals surface area (Å²) in [5.74, 6) is 0.730. The smallest absolute Gasteiger partial charge is 0.206 e. The van der Waals surface area contributed by atoms with Crippen molar-refractivity contribution in [1.82, 2.24) is 0 Å². The first kappa shape index (κ1) is 15.4. The summed E-state index contributed by atoms with van der Waals surface area (Å²) in [5, 5.41) is 9.40. The summed E-state index contributed by atoms with van der Waals surface area (Å²) < 4.78 is 30.8. The van der Waals surface area contributed by atoms with Crippen LogP contribution in [0.15, 0.2) is 46.2 Å². The van der Waals surface area contributed by atoms with Gasteiger partial charge in [0, 0.05) is 0 Å². The second-order valence-corrected chi connectivity index (χ2v) is 6.73. The lowest BCUT2D eigenvalue weighted by Gasteiger charge is -2.11. The van der Waals surface area contributed by atoms with Crippen molar-refractivity contribution in [1.29, 1.82) is 0 Å². The fraction of sp³-hybridized carbons (Fsp3) is 0.250. The third kappa shape index (κ3) is 3.03. The highest BCUT2D eigenvalue weighted by atomic mass is 32.2. The van der Waals surface area contributed by atoms with E-state index in [0.29, 0.717) is 17.9 Å². The number of phenols is 1. The quantitative estimate of drug-likeness (QED) is 0.942. The van der Waals surface area contributed by atoms with Gasteiger partial charge in [0.05, 0.1) is 16.4 Å². The van der Waals surface area contributed by atoms with Crippen LogP contribution in [-0.4, -0.2) is 20.1 Å². The zero-order valence-corrected chi connectivity index (χ0v) is 13.1. The lowest BCUT2D eigenvalue weighted by Crippen LogP contribution is -2.05. The number of aryl methyl sites for hydroxylation is 2. The van der Waals surface area contributed by atoms with Gasteiger partial charge in [-0.05, 0) is 68.3 Å². The predicted molar refractivity (Wildman–Crippen MR) is 80.6 cm³/mol. The van der Waals surface area contributed by atoms with E-state index in [1.807, 2.05) is 13.8 Å². The molecule has 0 saturated heterocycles. The molecule has 0 radical (unpaired) electrons. The summed E-state index contributed by atoms with van der Waals surface area (Å²) in [5.41, 5.74) is 1.29. The Morgan fingerprint density at radius 1 is 1.05 bits per heavy atom. The molecule has 0 aliphatic heterocycles. The van der Waals surface area contributed by atoms with E-state index in [1.165, 1.54) is 18.2 Å². The fourth-order valence-corrected chi connectivity index (χ4v) is 3.73. The van der Waals surface area contributed by atoms with Gasteiger partial charge in [-0.25, -0.2) is 8.42 Å². The highest BCUT2D eigenvalue weighted by molar-refractivity contribution is 7.91. The molecular weight excluding hydrogens is 288 g/mol. The molecule has 0 aliphatic rings. The maximum Gasteiger partial charge on any atom is 0.206 e. The third-order valence-corrected chi connectivity index (χ3v) is 5.12. The Balaban J connectivity index is 2.51. The fourth-order valence-electron chi connectivity index (χ4n) is 2.17. The Labute approximate surface area is 124 Å². The Morgan fingerprint density at radius 2 is 1.76 bits per heavy atom. The second kappa shape index (κ2) is 5.77. The molecule has 0 atom stereocenters. The molecule has 2 aromatic carbocycles. The number of hydrogen-bond donors (Lipinski definition) is 1. The van der Waals surface area contributed by atoms with Crippen LogP contribution in [0.5, 0.6) is 11.5 Å². The topological polar surface area (TPSA) is 63.6 Å². The molecule has 0 heterocycles. The summed E-state index contributed by atoms with van der Waals surface area (Å²) in [6.07, 6.45) is 0. The molecule has 21 heavy (non-hydrogen) atoms. The maximum atomic E-state index is 12.7. The first-order valence-corrected chi connectivity index (χ1v) is 8.12. The molecule has 0 spiro atoms. The zero-order chi connectivity index (χ0) is 15.6. The van der Waals surface area contributed by atoms with Crippen molar-refractivity contribution >= 4 is 9.84 Å². The Hall–Kier alpha value is -2.01. The minimum absolute atomic E-state index is 0.0503. The average molecular weight is 306 g/mol. The van der Waals surface area contributed by atoms with Crippen LogP contribution in [0, 0.1) is 13.8 Å². The van der Waals surface area contributed by atoms with Crippen molar-refractivity contribution in [2.75, 3.05) is 6.61 Å². The van der Waals surface area contributed by atoms with Crippen LogP contribution in [-0.2, 0) is 9.84 Å². The summed E-state index contributed by atoms with van der Waals surface area (Å²) in [4.78, 5) is 0.418. The molecule has 0 amide bonds. The van der Waals surface area contributed by atoms with Gasteiger partial charge < -0.3 is 9.84 Å². The number of benzene rings is 2. The summed E-state index contributed by atoms with van der Waals surface area (Å²) in [6, 6.07) is 9.05. The Morgan fingerprint density at radius 3 is 2.33 bits per heavy atom. The van der Waals surface area contributed by atoms with Crippen LogP contribution >= 0.6 is 0 Å². The van der Waals surface area contributed by atoms with Gasteiger partial charge in [-0.2, -0.15) is 0 Å². The predicted octanol–water partition coefficient (Wildman–Crippen LogP) is 3.24. The van der Waals surface area contributed by atoms with Crippen LogP contribution in [0.2, 0.25) is 0 Å². The molecular formula is C16H18O4S. The van der Waals surface area contributed by atoms with Crippen molar-refractivity contribution in [2.45, 2.75) is 30.6 Å². The van der Waals surface area contributed by atoms with Gasteiger partial charge in [0.15, 0.2) is 0 Å². The molecule has 1 N–H and O–H groups in total. The number of ether oxygens (including phenoxy) is 1. The SMILES string of the molecule is CCOc1ccc(S(=O)(=O)c2ccc(O)cc2C)cc1C. The Kier molecular flexibility index (Phi) is 4.23. The third-order valence-electron chi connectivity index (χ3n) is 3.20. The number of rotatable bonds is 4. The largest absolute Gasteiger partial charge is 0.508 e. The second-order valence-electron chi connectivity index (χ2n) is 4.81. The van der Waals surface area contributed by atoms with Crippen LogP contribution in [0.3, 0.4) is 0 Å². The molecule has 0 fully saturated rings. The summed E-state index contributed by atoms with van der Waals surface area (Å²) in [6.45, 7) is 5.88. The van der Waals surface area contributed by atoms with Gasteiger partial charge in [-0.3, -0.25) is 0 Å². The van der Waals surface area contributed by atoms with Gasteiger partial charge >= 0.3 is 0 Å². The average Bonchev–Trinajstić information content (AvgIpc) is 2.40. The number of aromatic hydroxyl groups is 1. The molecule has 112 valence electrons. The van der Waals surface area contributed by atoms with Crippen molar-refractivity contribution in [3.8, 4) is 11.5 Å². The van der Waals surface area contributed by atoms with Gasteiger partial charge in [0.2, 0.25) is 9.84 Å². The minimum Gasteiger partial charge on any atom is -0.508 e. The lowest BCUT2D eigenvalue weighted by atomic mass is 10.2. The van der Waals surface area contributed by atoms with E-state index in [-0.39, 0.29) is 15.5 Å². The van der Waals surface area contributed by atoms with Crippen LogP contribution in [0.25, 0.3) is 0 Å². The van der Waals surface area contributed by atoms with E-state index in [1.54, 1.807) is 25.1 Å². The summed E-state index contributed by atoms with van der Waals surface area (Å²) in [7, 11) is -3.61. The van der Waals surface area contributed by atoms with E-state index in [4.69, 9.17) is 4.74 Å². The van der Waals surface area contributed by atoms with Gasteiger partial charge in [-0.15, -0.1) is 0 Å². The van der Waals surface area contributed by atoms with E-state index in [2.05, 4.69) is 0 Å². The lowest BCUT2D eigenvalue weighted by molar-refractivity contribution is 0.337. The zero-order valence-electron chi connectivity index (χ0n) is 12.3. The normalized spacial score (nSPS) is 11.4. The Bertz CT molecular complexity index is 764. The monoisotopic (exact) mass is 306 g/mol. The molecule has 4 nitrogen and oxygen atoms in total. The van der Waals surface area contributed by atoms with Crippen molar-refractivity contribution in [3.63, 3.8) is 0 Å². The molecule has 0 aromatic heterocycles. The van der Waals surface area contributed by atoms with Gasteiger partial charge in [-0.1, -0.05) is 0 Å². The molecule has 0 saturated carbocycles. The number of phenolic OH excluding ortho intramolecular Hbond substituents is 1. The molecule has 5 heteroatoms. The van der Waals surface area contributed by atoms with Gasteiger partial charge in [0.1, 0.15) is 11.5 Å². The molecule has 2 rings (SSSR count). The van der Waals surface area contributed by atoms with Crippen molar-refractivity contribution in [3.05, 3.63) is 47.5 Å². The van der Waals surface area contributed by atoms with E-state index >= 15 is 0 Å². The molecule has 2 aromatic rings. The first-order chi connectivity index (χ1) is 9.86. The van der Waals surface area contributed by atoms with E-state index in [9.17, 15) is 13.5 Å². The number of sulfone groups is 1. The summed E-state index contributed by atoms with van der Waals surface area (Å²) >= 11 is 0. The highest BCUT2D eigenvalue weighted by Crippen LogP contribution is 2.29. The molecule has 0 unspecified atom stereocenters. The standard InChI is InChI=1S/C16H18O4S/c1-4-20-15-7-6-14(10-11(15)2)21(18,19)16-8-5-13(17)9-12(16)3/h5-10,17H,4H2,1-3H3. The molecule has 0 aliphatic carbocycles. The first-order valence-electron chi connectivity index (χ1n) is 6.64.